The lowest BCUT2D eigenvalue weighted by atomic mass is 10.2. The topological polar surface area (TPSA) is 41.6 Å². The van der Waals surface area contributed by atoms with Crippen molar-refractivity contribution < 1.29 is 9.63 Å². The molecule has 1 heterocycles. The van der Waals surface area contributed by atoms with Crippen LogP contribution in [0.25, 0.3) is 0 Å². The molecule has 0 aliphatic carbocycles. The van der Waals surface area contributed by atoms with Crippen molar-refractivity contribution in [3.63, 3.8) is 0 Å². The molecule has 1 aliphatic heterocycles. The Labute approximate surface area is 66.5 Å². The fraction of sp³-hybridized carbons (Fsp3) is 0.857. The molecule has 0 aromatic rings. The summed E-state index contributed by atoms with van der Waals surface area (Å²) >= 11 is 0. The summed E-state index contributed by atoms with van der Waals surface area (Å²) in [6, 6.07) is -0.0278. The number of hydrogen-bond acceptors (Lipinski definition) is 3. The minimum atomic E-state index is -0.0278. The summed E-state index contributed by atoms with van der Waals surface area (Å²) < 4.78 is 0. The Bertz CT molecular complexity index is 143. The molecule has 0 unspecified atom stereocenters. The Morgan fingerprint density at radius 2 is 2.45 bits per heavy atom. The van der Waals surface area contributed by atoms with Crippen molar-refractivity contribution in [3.05, 3.63) is 0 Å². The molecule has 1 saturated heterocycles. The van der Waals surface area contributed by atoms with Crippen LogP contribution in [0.15, 0.2) is 0 Å². The van der Waals surface area contributed by atoms with Gasteiger partial charge in [0.2, 0.25) is 0 Å². The van der Waals surface area contributed by atoms with Gasteiger partial charge in [-0.3, -0.25) is 9.63 Å². The Kier molecular flexibility index (Phi) is 2.84. The van der Waals surface area contributed by atoms with Crippen LogP contribution in [0.2, 0.25) is 0 Å². The van der Waals surface area contributed by atoms with Crippen LogP contribution < -0.4 is 5.32 Å². The van der Waals surface area contributed by atoms with Crippen LogP contribution in [0.1, 0.15) is 12.8 Å². The molecule has 4 nitrogen and oxygen atoms in total. The van der Waals surface area contributed by atoms with E-state index in [1.165, 1.54) is 12.2 Å². The third-order valence-corrected chi connectivity index (χ3v) is 1.94. The van der Waals surface area contributed by atoms with Crippen molar-refractivity contribution in [2.45, 2.75) is 18.9 Å². The average molecular weight is 158 g/mol. The molecule has 1 atom stereocenters. The maximum absolute atomic E-state index is 11.3. The lowest BCUT2D eigenvalue weighted by Gasteiger charge is -2.17. The largest absolute Gasteiger partial charge is 0.306 e. The molecule has 4 heteroatoms. The maximum Gasteiger partial charge on any atom is 0.262 e. The van der Waals surface area contributed by atoms with E-state index in [1.807, 2.05) is 0 Å². The SMILES string of the molecule is CON(C)C(=O)[C@H]1CCCN1. The molecular weight excluding hydrogens is 144 g/mol. The zero-order valence-electron chi connectivity index (χ0n) is 6.96. The van der Waals surface area contributed by atoms with Crippen LogP contribution in [-0.2, 0) is 9.63 Å². The Balaban J connectivity index is 2.39. The van der Waals surface area contributed by atoms with Gasteiger partial charge in [0.15, 0.2) is 0 Å². The first kappa shape index (κ1) is 8.49. The van der Waals surface area contributed by atoms with Gasteiger partial charge in [-0.1, -0.05) is 0 Å². The summed E-state index contributed by atoms with van der Waals surface area (Å²) in [5, 5.41) is 4.37. The Morgan fingerprint density at radius 3 is 2.91 bits per heavy atom. The zero-order chi connectivity index (χ0) is 8.27. The summed E-state index contributed by atoms with van der Waals surface area (Å²) in [4.78, 5) is 16.1. The average Bonchev–Trinajstić information content (AvgIpc) is 2.53. The Morgan fingerprint density at radius 1 is 1.73 bits per heavy atom. The quantitative estimate of drug-likeness (QED) is 0.564. The highest BCUT2D eigenvalue weighted by atomic mass is 16.7. The van der Waals surface area contributed by atoms with Crippen LogP contribution in [0, 0.1) is 0 Å². The van der Waals surface area contributed by atoms with Gasteiger partial charge in [-0.15, -0.1) is 0 Å². The minimum Gasteiger partial charge on any atom is -0.306 e. The molecule has 0 aromatic heterocycles. The second-order valence-electron chi connectivity index (χ2n) is 2.67. The number of hydroxylamine groups is 2. The highest BCUT2D eigenvalue weighted by molar-refractivity contribution is 5.80. The number of hydrogen-bond donors (Lipinski definition) is 1. The van der Waals surface area contributed by atoms with E-state index < -0.39 is 0 Å². The van der Waals surface area contributed by atoms with Crippen molar-refractivity contribution in [3.8, 4) is 0 Å². The fourth-order valence-electron chi connectivity index (χ4n) is 1.20. The summed E-state index contributed by atoms with van der Waals surface area (Å²) in [6.45, 7) is 0.938. The third-order valence-electron chi connectivity index (χ3n) is 1.94. The normalized spacial score (nSPS) is 23.6. The highest BCUT2D eigenvalue weighted by Crippen LogP contribution is 2.07. The predicted octanol–water partition coefficient (Wildman–Crippen LogP) is -0.242. The molecule has 11 heavy (non-hydrogen) atoms. The van der Waals surface area contributed by atoms with Gasteiger partial charge in [0.05, 0.1) is 13.2 Å². The standard InChI is InChI=1S/C7H14N2O2/c1-9(11-2)7(10)6-4-3-5-8-6/h6,8H,3-5H2,1-2H3/t6-/m1/s1. The summed E-state index contributed by atoms with van der Waals surface area (Å²) in [5.41, 5.74) is 0. The van der Waals surface area contributed by atoms with Crippen LogP contribution in [-0.4, -0.2) is 37.7 Å². The number of carbonyl (C=O) groups is 1. The van der Waals surface area contributed by atoms with E-state index >= 15 is 0 Å². The molecule has 1 fully saturated rings. The Hall–Kier alpha value is -0.610. The molecule has 0 spiro atoms. The molecule has 0 saturated carbocycles. The lowest BCUT2D eigenvalue weighted by Crippen LogP contribution is -2.40. The van der Waals surface area contributed by atoms with Crippen LogP contribution in [0.4, 0.5) is 0 Å². The lowest BCUT2D eigenvalue weighted by molar-refractivity contribution is -0.170. The number of rotatable bonds is 2. The van der Waals surface area contributed by atoms with Crippen LogP contribution in [0.5, 0.6) is 0 Å². The molecule has 1 amide bonds. The number of carbonyl (C=O) groups excluding carboxylic acids is 1. The second kappa shape index (κ2) is 3.69. The van der Waals surface area contributed by atoms with E-state index in [4.69, 9.17) is 4.84 Å². The second-order valence-corrected chi connectivity index (χ2v) is 2.67. The summed E-state index contributed by atoms with van der Waals surface area (Å²) in [5.74, 6) is 0.0185. The monoisotopic (exact) mass is 158 g/mol. The molecule has 1 aliphatic rings. The molecule has 0 aromatic carbocycles. The first-order valence-corrected chi connectivity index (χ1v) is 3.80. The van der Waals surface area contributed by atoms with Gasteiger partial charge in [0.1, 0.15) is 0 Å². The van der Waals surface area contributed by atoms with E-state index in [9.17, 15) is 4.79 Å². The van der Waals surface area contributed by atoms with Gasteiger partial charge >= 0.3 is 0 Å². The molecular formula is C7H14N2O2. The van der Waals surface area contributed by atoms with Crippen molar-refractivity contribution in [2.24, 2.45) is 0 Å². The first-order chi connectivity index (χ1) is 5.25. The molecule has 0 bridgehead atoms. The number of amides is 1. The van der Waals surface area contributed by atoms with Gasteiger partial charge in [0.25, 0.3) is 5.91 Å². The predicted molar refractivity (Wildman–Crippen MR) is 40.8 cm³/mol. The minimum absolute atomic E-state index is 0.0185. The fourth-order valence-corrected chi connectivity index (χ4v) is 1.20. The van der Waals surface area contributed by atoms with Gasteiger partial charge in [0, 0.05) is 7.05 Å². The van der Waals surface area contributed by atoms with Crippen molar-refractivity contribution >= 4 is 5.91 Å². The van der Waals surface area contributed by atoms with E-state index in [0.29, 0.717) is 0 Å². The molecule has 0 radical (unpaired) electrons. The highest BCUT2D eigenvalue weighted by Gasteiger charge is 2.24. The van der Waals surface area contributed by atoms with Gasteiger partial charge in [-0.2, -0.15) is 0 Å². The zero-order valence-corrected chi connectivity index (χ0v) is 6.96. The molecule has 1 N–H and O–H groups in total. The number of nitrogens with zero attached hydrogens (tertiary/aromatic N) is 1. The van der Waals surface area contributed by atoms with Gasteiger partial charge in [-0.05, 0) is 19.4 Å². The summed E-state index contributed by atoms with van der Waals surface area (Å²) in [6.07, 6.45) is 2.00. The number of likely N-dealkylation sites (N-methyl/N-ethyl adjacent to an activating group) is 1. The van der Waals surface area contributed by atoms with Crippen molar-refractivity contribution in [2.75, 3.05) is 20.7 Å². The van der Waals surface area contributed by atoms with Crippen molar-refractivity contribution in [1.29, 1.82) is 0 Å². The van der Waals surface area contributed by atoms with Crippen LogP contribution in [0.3, 0.4) is 0 Å². The summed E-state index contributed by atoms with van der Waals surface area (Å²) in [7, 11) is 3.12. The van der Waals surface area contributed by atoms with E-state index in [2.05, 4.69) is 5.32 Å². The van der Waals surface area contributed by atoms with E-state index in [-0.39, 0.29) is 11.9 Å². The van der Waals surface area contributed by atoms with E-state index in [0.717, 1.165) is 19.4 Å². The van der Waals surface area contributed by atoms with Gasteiger partial charge in [-0.25, -0.2) is 5.06 Å². The smallest absolute Gasteiger partial charge is 0.262 e. The van der Waals surface area contributed by atoms with Crippen LogP contribution >= 0.6 is 0 Å². The third kappa shape index (κ3) is 1.91. The van der Waals surface area contributed by atoms with Gasteiger partial charge < -0.3 is 5.32 Å². The van der Waals surface area contributed by atoms with Crippen molar-refractivity contribution in [1.82, 2.24) is 10.4 Å². The first-order valence-electron chi connectivity index (χ1n) is 3.80. The number of nitrogens with one attached hydrogen (secondary N) is 1. The maximum atomic E-state index is 11.3. The molecule has 1 rings (SSSR count). The molecule has 64 valence electrons. The van der Waals surface area contributed by atoms with E-state index in [1.54, 1.807) is 7.05 Å².